The zero-order chi connectivity index (χ0) is 18.1. The van der Waals surface area contributed by atoms with Crippen LogP contribution in [0, 0.1) is 0 Å². The topological polar surface area (TPSA) is 104 Å². The second kappa shape index (κ2) is 6.89. The van der Waals surface area contributed by atoms with E-state index in [0.717, 1.165) is 6.26 Å². The lowest BCUT2D eigenvalue weighted by Gasteiger charge is -2.13. The Morgan fingerprint density at radius 3 is 2.21 bits per heavy atom. The van der Waals surface area contributed by atoms with Crippen LogP contribution in [-0.2, 0) is 25.6 Å². The van der Waals surface area contributed by atoms with Crippen LogP contribution >= 0.6 is 23.2 Å². The van der Waals surface area contributed by atoms with Crippen LogP contribution in [0.2, 0.25) is 10.0 Å². The maximum absolute atomic E-state index is 11.5. The Morgan fingerprint density at radius 2 is 1.67 bits per heavy atom. The van der Waals surface area contributed by atoms with Gasteiger partial charge in [-0.3, -0.25) is 0 Å². The van der Waals surface area contributed by atoms with Crippen LogP contribution in [0.4, 0.5) is 0 Å². The number of rotatable bonds is 5. The van der Waals surface area contributed by atoms with Gasteiger partial charge in [0.2, 0.25) is 10.0 Å². The molecule has 2 N–H and O–H groups in total. The van der Waals surface area contributed by atoms with E-state index in [1.165, 1.54) is 36.4 Å². The van der Waals surface area contributed by atoms with E-state index in [0.29, 0.717) is 10.6 Å². The molecular formula is C14H13Cl2NO5S2. The van der Waals surface area contributed by atoms with Gasteiger partial charge in [0, 0.05) is 16.8 Å². The zero-order valence-corrected chi connectivity index (χ0v) is 15.5. The first-order chi connectivity index (χ1) is 11.0. The first kappa shape index (κ1) is 19.0. The van der Waals surface area contributed by atoms with E-state index in [9.17, 15) is 16.8 Å². The Labute approximate surface area is 150 Å². The Bertz CT molecular complexity index is 988. The van der Waals surface area contributed by atoms with Crippen molar-refractivity contribution in [2.24, 2.45) is 5.14 Å². The summed E-state index contributed by atoms with van der Waals surface area (Å²) < 4.78 is 51.2. The molecule has 2 aromatic carbocycles. The Kier molecular flexibility index (Phi) is 5.46. The monoisotopic (exact) mass is 409 g/mol. The predicted octanol–water partition coefficient (Wildman–Crippen LogP) is 2.98. The molecule has 2 rings (SSSR count). The molecule has 0 heterocycles. The summed E-state index contributed by atoms with van der Waals surface area (Å²) in [5.74, 6) is -0.133. The highest BCUT2D eigenvalue weighted by Gasteiger charge is 2.15. The first-order valence-corrected chi connectivity index (χ1v) is 10.8. The van der Waals surface area contributed by atoms with Crippen molar-refractivity contribution < 1.29 is 21.6 Å². The molecule has 130 valence electrons. The molecule has 2 aromatic rings. The second-order valence-corrected chi connectivity index (χ2v) is 9.50. The minimum absolute atomic E-state index is 0.0377. The molecule has 0 radical (unpaired) electrons. The lowest BCUT2D eigenvalue weighted by molar-refractivity contribution is 0.477. The largest absolute Gasteiger partial charge is 0.455 e. The lowest BCUT2D eigenvalue weighted by atomic mass is 10.2. The summed E-state index contributed by atoms with van der Waals surface area (Å²) in [7, 11) is -7.19. The predicted molar refractivity (Wildman–Crippen MR) is 92.9 cm³/mol. The number of ether oxygens (including phenoxy) is 1. The quantitative estimate of drug-likeness (QED) is 0.816. The van der Waals surface area contributed by atoms with Crippen molar-refractivity contribution in [3.8, 4) is 11.5 Å². The van der Waals surface area contributed by atoms with Crippen LogP contribution < -0.4 is 9.88 Å². The Hall–Kier alpha value is -1.32. The molecule has 0 bridgehead atoms. The maximum Gasteiger partial charge on any atom is 0.213 e. The molecular weight excluding hydrogens is 397 g/mol. The minimum Gasteiger partial charge on any atom is -0.455 e. The summed E-state index contributed by atoms with van der Waals surface area (Å²) in [4.78, 5) is 0.0377. The molecule has 6 nitrogen and oxygen atoms in total. The van der Waals surface area contributed by atoms with Gasteiger partial charge in [0.05, 0.1) is 15.7 Å². The van der Waals surface area contributed by atoms with Gasteiger partial charge in [-0.2, -0.15) is 0 Å². The van der Waals surface area contributed by atoms with E-state index in [1.807, 2.05) is 0 Å². The van der Waals surface area contributed by atoms with Crippen LogP contribution in [0.15, 0.2) is 41.3 Å². The highest BCUT2D eigenvalue weighted by atomic mass is 35.5. The highest BCUT2D eigenvalue weighted by Crippen LogP contribution is 2.34. The van der Waals surface area contributed by atoms with Crippen molar-refractivity contribution in [3.05, 3.63) is 52.0 Å². The van der Waals surface area contributed by atoms with E-state index in [2.05, 4.69) is 0 Å². The lowest BCUT2D eigenvalue weighted by Crippen LogP contribution is -2.15. The van der Waals surface area contributed by atoms with Crippen LogP contribution in [-0.4, -0.2) is 23.1 Å². The van der Waals surface area contributed by atoms with Crippen LogP contribution in [0.25, 0.3) is 0 Å². The van der Waals surface area contributed by atoms with Crippen molar-refractivity contribution in [1.29, 1.82) is 0 Å². The molecule has 0 unspecified atom stereocenters. The number of benzene rings is 2. The van der Waals surface area contributed by atoms with Gasteiger partial charge in [-0.25, -0.2) is 22.0 Å². The maximum atomic E-state index is 11.5. The van der Waals surface area contributed by atoms with Crippen molar-refractivity contribution in [1.82, 2.24) is 0 Å². The number of nitrogens with two attached hydrogens (primary N) is 1. The molecule has 0 spiro atoms. The Balaban J connectivity index is 2.43. The summed E-state index contributed by atoms with van der Waals surface area (Å²) >= 11 is 12.0. The van der Waals surface area contributed by atoms with Crippen molar-refractivity contribution >= 4 is 43.1 Å². The molecule has 0 aromatic heterocycles. The summed E-state index contributed by atoms with van der Waals surface area (Å²) in [6.07, 6.45) is 1.06. The molecule has 0 aliphatic carbocycles. The highest BCUT2D eigenvalue weighted by molar-refractivity contribution is 7.90. The Morgan fingerprint density at radius 1 is 1.00 bits per heavy atom. The van der Waals surface area contributed by atoms with Gasteiger partial charge >= 0.3 is 0 Å². The number of hydrogen-bond acceptors (Lipinski definition) is 5. The normalized spacial score (nSPS) is 12.2. The van der Waals surface area contributed by atoms with Gasteiger partial charge in [0.15, 0.2) is 9.84 Å². The van der Waals surface area contributed by atoms with E-state index in [4.69, 9.17) is 33.1 Å². The molecule has 0 aliphatic heterocycles. The zero-order valence-electron chi connectivity index (χ0n) is 12.4. The van der Waals surface area contributed by atoms with Crippen molar-refractivity contribution in [3.63, 3.8) is 0 Å². The van der Waals surface area contributed by atoms with Gasteiger partial charge in [-0.15, -0.1) is 0 Å². The molecule has 0 aliphatic rings. The fourth-order valence-electron chi connectivity index (χ4n) is 1.87. The molecule has 0 amide bonds. The molecule has 0 atom stereocenters. The third-order valence-corrected chi connectivity index (χ3v) is 5.29. The smallest absolute Gasteiger partial charge is 0.213 e. The number of hydrogen-bond donors (Lipinski definition) is 1. The molecule has 10 heteroatoms. The third-order valence-electron chi connectivity index (χ3n) is 2.94. The standard InChI is InChI=1S/C14H13Cl2NO5S2/c1-23(18,19)11-4-5-13(12(16)7-11)22-14-6-10(15)3-2-9(14)8-24(17,20)21/h2-7H,8H2,1H3,(H2,17,20,21). The molecule has 0 saturated heterocycles. The summed E-state index contributed by atoms with van der Waals surface area (Å²) in [6.45, 7) is 0. The second-order valence-electron chi connectivity index (χ2n) is 5.03. The van der Waals surface area contributed by atoms with Crippen LogP contribution in [0.5, 0.6) is 11.5 Å². The first-order valence-electron chi connectivity index (χ1n) is 6.42. The van der Waals surface area contributed by atoms with E-state index >= 15 is 0 Å². The number of sulfone groups is 1. The van der Waals surface area contributed by atoms with Crippen molar-refractivity contribution in [2.75, 3.05) is 6.26 Å². The average Bonchev–Trinajstić information content (AvgIpc) is 2.41. The fraction of sp³-hybridized carbons (Fsp3) is 0.143. The summed E-state index contributed by atoms with van der Waals surface area (Å²) in [6, 6.07) is 8.35. The van der Waals surface area contributed by atoms with E-state index in [-0.39, 0.29) is 21.4 Å². The fourth-order valence-corrected chi connectivity index (χ4v) is 3.64. The van der Waals surface area contributed by atoms with Gasteiger partial charge < -0.3 is 4.74 Å². The van der Waals surface area contributed by atoms with Crippen LogP contribution in [0.3, 0.4) is 0 Å². The van der Waals surface area contributed by atoms with Crippen LogP contribution in [0.1, 0.15) is 5.56 Å². The average molecular weight is 410 g/mol. The van der Waals surface area contributed by atoms with E-state index < -0.39 is 25.6 Å². The third kappa shape index (κ3) is 5.09. The summed E-state index contributed by atoms with van der Waals surface area (Å²) in [5.41, 5.74) is 0.296. The number of sulfonamides is 1. The van der Waals surface area contributed by atoms with Gasteiger partial charge in [-0.05, 0) is 30.3 Å². The van der Waals surface area contributed by atoms with Gasteiger partial charge in [0.25, 0.3) is 0 Å². The van der Waals surface area contributed by atoms with Gasteiger partial charge in [0.1, 0.15) is 11.5 Å². The minimum atomic E-state index is -3.78. The summed E-state index contributed by atoms with van der Waals surface area (Å²) in [5, 5.41) is 5.44. The van der Waals surface area contributed by atoms with E-state index in [1.54, 1.807) is 0 Å². The number of primary sulfonamides is 1. The SMILES string of the molecule is CS(=O)(=O)c1ccc(Oc2cc(Cl)ccc2CS(N)(=O)=O)c(Cl)c1. The molecule has 24 heavy (non-hydrogen) atoms. The number of halogens is 2. The molecule has 0 fully saturated rings. The van der Waals surface area contributed by atoms with Gasteiger partial charge in [-0.1, -0.05) is 29.3 Å². The van der Waals surface area contributed by atoms with Crippen molar-refractivity contribution in [2.45, 2.75) is 10.6 Å². The molecule has 0 saturated carbocycles.